The van der Waals surface area contributed by atoms with E-state index < -0.39 is 10.0 Å². The maximum Gasteiger partial charge on any atom is 0.244 e. The highest BCUT2D eigenvalue weighted by Gasteiger charge is 2.20. The van der Waals surface area contributed by atoms with Gasteiger partial charge in [-0.2, -0.15) is 0 Å². The number of pyridine rings is 1. The Morgan fingerprint density at radius 3 is 2.35 bits per heavy atom. The number of hydrogen-bond acceptors (Lipinski definition) is 9. The van der Waals surface area contributed by atoms with E-state index in [1.807, 2.05) is 25.1 Å². The van der Waals surface area contributed by atoms with E-state index in [-0.39, 0.29) is 17.2 Å². The summed E-state index contributed by atoms with van der Waals surface area (Å²) in [5.41, 5.74) is 0.894. The molecule has 0 atom stereocenters. The smallest absolute Gasteiger partial charge is 0.244 e. The van der Waals surface area contributed by atoms with Crippen LogP contribution in [0.4, 0.5) is 17.5 Å². The Bertz CT molecular complexity index is 1120. The van der Waals surface area contributed by atoms with Gasteiger partial charge in [0.2, 0.25) is 10.0 Å². The maximum absolute atomic E-state index is 12.6. The molecule has 0 amide bonds. The van der Waals surface area contributed by atoms with Crippen LogP contribution in [-0.4, -0.2) is 50.9 Å². The molecule has 0 radical (unpaired) electrons. The van der Waals surface area contributed by atoms with Crippen LogP contribution in [0.15, 0.2) is 53.4 Å². The molecule has 2 heterocycles. The van der Waals surface area contributed by atoms with Crippen molar-refractivity contribution < 1.29 is 17.9 Å². The molecule has 0 spiro atoms. The van der Waals surface area contributed by atoms with Crippen LogP contribution in [0.3, 0.4) is 0 Å². The third-order valence-electron chi connectivity index (χ3n) is 4.19. The molecule has 0 aliphatic heterocycles. The van der Waals surface area contributed by atoms with E-state index in [4.69, 9.17) is 9.47 Å². The average molecular weight is 445 g/mol. The molecule has 0 bridgehead atoms. The molecule has 31 heavy (non-hydrogen) atoms. The zero-order chi connectivity index (χ0) is 22.3. The second-order valence-corrected chi connectivity index (χ2v) is 8.17. The minimum absolute atomic E-state index is 0.00864. The lowest BCUT2D eigenvalue weighted by atomic mass is 10.3. The lowest BCUT2D eigenvalue weighted by Gasteiger charge is -2.12. The van der Waals surface area contributed by atoms with Crippen molar-refractivity contribution in [2.45, 2.75) is 11.8 Å². The second kappa shape index (κ2) is 10.0. The van der Waals surface area contributed by atoms with Crippen molar-refractivity contribution in [3.05, 3.63) is 54.2 Å². The molecule has 3 N–H and O–H groups in total. The largest absolute Gasteiger partial charge is 0.497 e. The summed E-state index contributed by atoms with van der Waals surface area (Å²) < 4.78 is 38.0. The zero-order valence-electron chi connectivity index (χ0n) is 17.4. The number of methoxy groups -OCH3 is 2. The lowest BCUT2D eigenvalue weighted by molar-refractivity contribution is 0.392. The van der Waals surface area contributed by atoms with Crippen LogP contribution < -0.4 is 24.8 Å². The number of ether oxygens (including phenoxy) is 2. The number of rotatable bonds is 10. The molecule has 1 aromatic carbocycles. The van der Waals surface area contributed by atoms with Gasteiger partial charge in [0, 0.05) is 24.8 Å². The van der Waals surface area contributed by atoms with Crippen molar-refractivity contribution in [1.82, 2.24) is 19.9 Å². The number of aryl methyl sites for hydroxylation is 1. The van der Waals surface area contributed by atoms with E-state index in [1.165, 1.54) is 20.3 Å². The molecule has 11 heteroatoms. The fraction of sp³-hybridized carbons (Fsp3) is 0.250. The van der Waals surface area contributed by atoms with Gasteiger partial charge < -0.3 is 20.1 Å². The van der Waals surface area contributed by atoms with Crippen LogP contribution in [0.2, 0.25) is 0 Å². The van der Waals surface area contributed by atoms with Gasteiger partial charge in [-0.25, -0.2) is 18.1 Å². The maximum atomic E-state index is 12.6. The first-order valence-electron chi connectivity index (χ1n) is 9.41. The van der Waals surface area contributed by atoms with Crippen molar-refractivity contribution in [2.24, 2.45) is 0 Å². The number of sulfonamides is 1. The fourth-order valence-electron chi connectivity index (χ4n) is 2.68. The predicted molar refractivity (Wildman–Crippen MR) is 118 cm³/mol. The van der Waals surface area contributed by atoms with Crippen LogP contribution in [0, 0.1) is 6.92 Å². The Hall–Kier alpha value is -3.44. The number of anilines is 3. The van der Waals surface area contributed by atoms with Crippen LogP contribution in [0.5, 0.6) is 11.5 Å². The topological polar surface area (TPSA) is 127 Å². The van der Waals surface area contributed by atoms with Gasteiger partial charge in [-0.3, -0.25) is 0 Å². The third kappa shape index (κ3) is 6.03. The summed E-state index contributed by atoms with van der Waals surface area (Å²) in [6.45, 7) is 2.35. The number of hydrogen-bond donors (Lipinski definition) is 3. The molecule has 2 aromatic heterocycles. The summed E-state index contributed by atoms with van der Waals surface area (Å²) in [6.07, 6.45) is 0. The van der Waals surface area contributed by atoms with E-state index in [9.17, 15) is 8.42 Å². The highest BCUT2D eigenvalue weighted by Crippen LogP contribution is 2.27. The highest BCUT2D eigenvalue weighted by atomic mass is 32.2. The van der Waals surface area contributed by atoms with Gasteiger partial charge in [0.1, 0.15) is 28.0 Å². The van der Waals surface area contributed by atoms with E-state index in [0.29, 0.717) is 29.7 Å². The van der Waals surface area contributed by atoms with Gasteiger partial charge in [-0.1, -0.05) is 6.07 Å². The first-order chi connectivity index (χ1) is 14.9. The first-order valence-corrected chi connectivity index (χ1v) is 10.9. The molecular weight excluding hydrogens is 420 g/mol. The fourth-order valence-corrected chi connectivity index (χ4v) is 3.90. The van der Waals surface area contributed by atoms with Crippen LogP contribution >= 0.6 is 0 Å². The molecule has 164 valence electrons. The SMILES string of the molecule is COc1ccc(OC)c(S(=O)(=O)NCCNc2ccc(Nc3cccc(C)n3)nn2)c1. The average Bonchev–Trinajstić information content (AvgIpc) is 2.77. The van der Waals surface area contributed by atoms with Crippen molar-refractivity contribution in [3.8, 4) is 11.5 Å². The molecule has 0 saturated heterocycles. The molecule has 0 unspecified atom stereocenters. The first kappa shape index (κ1) is 22.2. The van der Waals surface area contributed by atoms with Crippen molar-refractivity contribution in [2.75, 3.05) is 37.9 Å². The van der Waals surface area contributed by atoms with Gasteiger partial charge >= 0.3 is 0 Å². The van der Waals surface area contributed by atoms with Gasteiger partial charge in [-0.05, 0) is 43.3 Å². The quantitative estimate of drug-likeness (QED) is 0.404. The lowest BCUT2D eigenvalue weighted by Crippen LogP contribution is -2.29. The molecule has 10 nitrogen and oxygen atoms in total. The minimum Gasteiger partial charge on any atom is -0.497 e. The Morgan fingerprint density at radius 1 is 0.903 bits per heavy atom. The monoisotopic (exact) mass is 444 g/mol. The van der Waals surface area contributed by atoms with E-state index in [1.54, 1.807) is 24.3 Å². The molecule has 0 fully saturated rings. The van der Waals surface area contributed by atoms with Crippen LogP contribution in [0.1, 0.15) is 5.69 Å². The van der Waals surface area contributed by atoms with Crippen LogP contribution in [-0.2, 0) is 10.0 Å². The minimum atomic E-state index is -3.78. The summed E-state index contributed by atoms with van der Waals surface area (Å²) in [7, 11) is -0.905. The van der Waals surface area contributed by atoms with Gasteiger partial charge in [-0.15, -0.1) is 10.2 Å². The standard InChI is InChI=1S/C20H24N6O4S/c1-14-5-4-6-19(23-14)24-20-10-9-18(25-26-20)21-11-12-22-31(27,28)17-13-15(29-2)7-8-16(17)30-3/h4-10,13,22H,11-12H2,1-3H3,(H,21,25)(H,23,24,26). The molecule has 3 aromatic rings. The third-order valence-corrected chi connectivity index (χ3v) is 5.67. The molecular formula is C20H24N6O4S. The molecule has 0 saturated carbocycles. The van der Waals surface area contributed by atoms with Crippen LogP contribution in [0.25, 0.3) is 0 Å². The van der Waals surface area contributed by atoms with Gasteiger partial charge in [0.15, 0.2) is 5.82 Å². The number of nitrogens with zero attached hydrogens (tertiary/aromatic N) is 3. The van der Waals surface area contributed by atoms with Gasteiger partial charge in [0.25, 0.3) is 0 Å². The van der Waals surface area contributed by atoms with E-state index >= 15 is 0 Å². The Kier molecular flexibility index (Phi) is 7.21. The molecule has 0 aliphatic carbocycles. The molecule has 0 aliphatic rings. The Labute approximate surface area is 181 Å². The predicted octanol–water partition coefficient (Wildman–Crippen LogP) is 2.33. The normalized spacial score (nSPS) is 11.1. The summed E-state index contributed by atoms with van der Waals surface area (Å²) in [4.78, 5) is 4.35. The summed E-state index contributed by atoms with van der Waals surface area (Å²) in [5.74, 6) is 2.40. The summed E-state index contributed by atoms with van der Waals surface area (Å²) >= 11 is 0. The number of nitrogens with one attached hydrogen (secondary N) is 3. The summed E-state index contributed by atoms with van der Waals surface area (Å²) in [6, 6.07) is 13.7. The highest BCUT2D eigenvalue weighted by molar-refractivity contribution is 7.89. The Balaban J connectivity index is 1.53. The number of benzene rings is 1. The number of aromatic nitrogens is 3. The zero-order valence-corrected chi connectivity index (χ0v) is 18.2. The van der Waals surface area contributed by atoms with E-state index in [0.717, 1.165) is 5.69 Å². The van der Waals surface area contributed by atoms with Crippen molar-refractivity contribution in [1.29, 1.82) is 0 Å². The van der Waals surface area contributed by atoms with Gasteiger partial charge in [0.05, 0.1) is 14.2 Å². The van der Waals surface area contributed by atoms with E-state index in [2.05, 4.69) is 30.5 Å². The second-order valence-electron chi connectivity index (χ2n) is 6.43. The van der Waals surface area contributed by atoms with Crippen molar-refractivity contribution >= 4 is 27.5 Å². The summed E-state index contributed by atoms with van der Waals surface area (Å²) in [5, 5.41) is 14.3. The Morgan fingerprint density at radius 2 is 1.68 bits per heavy atom. The molecule has 3 rings (SSSR count). The van der Waals surface area contributed by atoms with Crippen molar-refractivity contribution in [3.63, 3.8) is 0 Å².